The Morgan fingerprint density at radius 3 is 1.75 bits per heavy atom. The number of aliphatic hydroxyl groups is 1. The zero-order chi connectivity index (χ0) is 8.86. The van der Waals surface area contributed by atoms with Gasteiger partial charge in [0.05, 0.1) is 5.60 Å². The maximum absolute atomic E-state index is 9.98. The fourth-order valence-corrected chi connectivity index (χ4v) is 1.94. The molecule has 1 aliphatic carbocycles. The third-order valence-electron chi connectivity index (χ3n) is 2.91. The monoisotopic (exact) mass is 171 g/mol. The molecular formula is C10H21NO. The van der Waals surface area contributed by atoms with Crippen LogP contribution in [0.2, 0.25) is 0 Å². The van der Waals surface area contributed by atoms with Crippen LogP contribution in [0.5, 0.6) is 0 Å². The molecule has 12 heavy (non-hydrogen) atoms. The first kappa shape index (κ1) is 10.0. The van der Waals surface area contributed by atoms with Crippen molar-refractivity contribution in [2.24, 2.45) is 5.73 Å². The maximum atomic E-state index is 9.98. The SMILES string of the molecule is NCC1(O)CCCCCCCC1. The van der Waals surface area contributed by atoms with Gasteiger partial charge in [0.2, 0.25) is 0 Å². The zero-order valence-corrected chi connectivity index (χ0v) is 7.89. The van der Waals surface area contributed by atoms with Crippen molar-refractivity contribution in [3.8, 4) is 0 Å². The van der Waals surface area contributed by atoms with E-state index in [0.29, 0.717) is 6.54 Å². The lowest BCUT2D eigenvalue weighted by Crippen LogP contribution is -2.37. The van der Waals surface area contributed by atoms with E-state index in [4.69, 9.17) is 5.73 Å². The predicted molar refractivity (Wildman–Crippen MR) is 50.9 cm³/mol. The molecular weight excluding hydrogens is 150 g/mol. The van der Waals surface area contributed by atoms with E-state index < -0.39 is 5.60 Å². The van der Waals surface area contributed by atoms with Crippen LogP contribution >= 0.6 is 0 Å². The van der Waals surface area contributed by atoms with Crippen LogP contribution in [0.1, 0.15) is 51.4 Å². The van der Waals surface area contributed by atoms with Gasteiger partial charge in [0.1, 0.15) is 0 Å². The largest absolute Gasteiger partial charge is 0.389 e. The van der Waals surface area contributed by atoms with Crippen molar-refractivity contribution in [3.05, 3.63) is 0 Å². The highest BCUT2D eigenvalue weighted by molar-refractivity contribution is 4.80. The Morgan fingerprint density at radius 1 is 0.917 bits per heavy atom. The van der Waals surface area contributed by atoms with Gasteiger partial charge in [-0.2, -0.15) is 0 Å². The molecule has 1 rings (SSSR count). The lowest BCUT2D eigenvalue weighted by atomic mass is 9.92. The number of hydrogen-bond donors (Lipinski definition) is 2. The van der Waals surface area contributed by atoms with Crippen molar-refractivity contribution >= 4 is 0 Å². The molecule has 1 aliphatic rings. The summed E-state index contributed by atoms with van der Waals surface area (Å²) in [6, 6.07) is 0. The average molecular weight is 171 g/mol. The normalized spacial score (nSPS) is 25.5. The molecule has 0 spiro atoms. The van der Waals surface area contributed by atoms with Crippen molar-refractivity contribution in [3.63, 3.8) is 0 Å². The third-order valence-corrected chi connectivity index (χ3v) is 2.91. The molecule has 0 aromatic carbocycles. The number of rotatable bonds is 1. The summed E-state index contributed by atoms with van der Waals surface area (Å²) in [5.74, 6) is 0. The van der Waals surface area contributed by atoms with Gasteiger partial charge < -0.3 is 10.8 Å². The molecule has 0 aliphatic heterocycles. The molecule has 72 valence electrons. The van der Waals surface area contributed by atoms with E-state index >= 15 is 0 Å². The van der Waals surface area contributed by atoms with Gasteiger partial charge in [-0.1, -0.05) is 38.5 Å². The Morgan fingerprint density at radius 2 is 1.33 bits per heavy atom. The van der Waals surface area contributed by atoms with Gasteiger partial charge >= 0.3 is 0 Å². The van der Waals surface area contributed by atoms with E-state index in [1.807, 2.05) is 0 Å². The highest BCUT2D eigenvalue weighted by atomic mass is 16.3. The van der Waals surface area contributed by atoms with Gasteiger partial charge in [-0.15, -0.1) is 0 Å². The topological polar surface area (TPSA) is 46.2 Å². The Hall–Kier alpha value is -0.0800. The second-order valence-electron chi connectivity index (χ2n) is 4.05. The van der Waals surface area contributed by atoms with E-state index in [1.54, 1.807) is 0 Å². The first-order valence-electron chi connectivity index (χ1n) is 5.19. The Kier molecular flexibility index (Phi) is 4.02. The molecule has 1 fully saturated rings. The summed E-state index contributed by atoms with van der Waals surface area (Å²) in [4.78, 5) is 0. The minimum atomic E-state index is -0.537. The first-order chi connectivity index (χ1) is 5.77. The molecule has 0 atom stereocenters. The van der Waals surface area contributed by atoms with Crippen LogP contribution in [0.3, 0.4) is 0 Å². The smallest absolute Gasteiger partial charge is 0.0769 e. The highest BCUT2D eigenvalue weighted by Crippen LogP contribution is 2.24. The summed E-state index contributed by atoms with van der Waals surface area (Å²) in [7, 11) is 0. The first-order valence-corrected chi connectivity index (χ1v) is 5.19. The molecule has 1 saturated carbocycles. The minimum absolute atomic E-state index is 0.438. The van der Waals surface area contributed by atoms with Gasteiger partial charge in [0.25, 0.3) is 0 Å². The van der Waals surface area contributed by atoms with Crippen LogP contribution < -0.4 is 5.73 Å². The molecule has 0 unspecified atom stereocenters. The van der Waals surface area contributed by atoms with Gasteiger partial charge in [0.15, 0.2) is 0 Å². The molecule has 0 heterocycles. The van der Waals surface area contributed by atoms with E-state index in [1.165, 1.54) is 25.7 Å². The van der Waals surface area contributed by atoms with Crippen molar-refractivity contribution in [2.45, 2.75) is 57.0 Å². The standard InChI is InChI=1S/C10H21NO/c11-9-10(12)7-5-3-1-2-4-6-8-10/h12H,1-9,11H2. The second-order valence-corrected chi connectivity index (χ2v) is 4.05. The quantitative estimate of drug-likeness (QED) is 0.632. The Bertz CT molecular complexity index is 115. The summed E-state index contributed by atoms with van der Waals surface area (Å²) in [6.07, 6.45) is 9.31. The van der Waals surface area contributed by atoms with Gasteiger partial charge in [-0.05, 0) is 12.8 Å². The van der Waals surface area contributed by atoms with E-state index in [2.05, 4.69) is 0 Å². The van der Waals surface area contributed by atoms with Crippen molar-refractivity contribution in [2.75, 3.05) is 6.54 Å². The summed E-state index contributed by atoms with van der Waals surface area (Å²) >= 11 is 0. The van der Waals surface area contributed by atoms with Crippen molar-refractivity contribution in [1.82, 2.24) is 0 Å². The molecule has 3 N–H and O–H groups in total. The molecule has 0 amide bonds. The molecule has 2 nitrogen and oxygen atoms in total. The van der Waals surface area contributed by atoms with Crippen LogP contribution in [-0.2, 0) is 0 Å². The Balaban J connectivity index is 2.38. The van der Waals surface area contributed by atoms with Crippen LogP contribution in [0.25, 0.3) is 0 Å². The predicted octanol–water partition coefficient (Wildman–Crippen LogP) is 1.81. The second kappa shape index (κ2) is 4.83. The van der Waals surface area contributed by atoms with E-state index in [9.17, 15) is 5.11 Å². The summed E-state index contributed by atoms with van der Waals surface area (Å²) in [6.45, 7) is 0.438. The lowest BCUT2D eigenvalue weighted by molar-refractivity contribution is 0.0283. The summed E-state index contributed by atoms with van der Waals surface area (Å²) in [5, 5.41) is 9.98. The molecule has 0 bridgehead atoms. The zero-order valence-electron chi connectivity index (χ0n) is 7.89. The fourth-order valence-electron chi connectivity index (χ4n) is 1.94. The summed E-state index contributed by atoms with van der Waals surface area (Å²) < 4.78 is 0. The van der Waals surface area contributed by atoms with Crippen molar-refractivity contribution in [1.29, 1.82) is 0 Å². The average Bonchev–Trinajstić information content (AvgIpc) is 2.18. The van der Waals surface area contributed by atoms with E-state index in [-0.39, 0.29) is 0 Å². The number of nitrogens with two attached hydrogens (primary N) is 1. The molecule has 0 aromatic heterocycles. The molecule has 0 saturated heterocycles. The number of hydrogen-bond acceptors (Lipinski definition) is 2. The third kappa shape index (κ3) is 3.11. The fraction of sp³-hybridized carbons (Fsp3) is 1.00. The molecule has 2 heteroatoms. The maximum Gasteiger partial charge on any atom is 0.0769 e. The van der Waals surface area contributed by atoms with Gasteiger partial charge in [-0.25, -0.2) is 0 Å². The Labute approximate surface area is 75.2 Å². The van der Waals surface area contributed by atoms with Gasteiger partial charge in [0, 0.05) is 6.54 Å². The molecule has 0 radical (unpaired) electrons. The van der Waals surface area contributed by atoms with E-state index in [0.717, 1.165) is 25.7 Å². The molecule has 0 aromatic rings. The van der Waals surface area contributed by atoms with Crippen LogP contribution in [0, 0.1) is 0 Å². The van der Waals surface area contributed by atoms with Crippen LogP contribution in [-0.4, -0.2) is 17.3 Å². The highest BCUT2D eigenvalue weighted by Gasteiger charge is 2.24. The van der Waals surface area contributed by atoms with Crippen LogP contribution in [0.15, 0.2) is 0 Å². The minimum Gasteiger partial charge on any atom is -0.389 e. The van der Waals surface area contributed by atoms with Crippen molar-refractivity contribution < 1.29 is 5.11 Å². The summed E-state index contributed by atoms with van der Waals surface area (Å²) in [5.41, 5.74) is 5.02. The van der Waals surface area contributed by atoms with Gasteiger partial charge in [-0.3, -0.25) is 0 Å². The van der Waals surface area contributed by atoms with Crippen LogP contribution in [0.4, 0.5) is 0 Å². The lowest BCUT2D eigenvalue weighted by Gasteiger charge is -2.25.